The molecule has 3 fully saturated rings. The summed E-state index contributed by atoms with van der Waals surface area (Å²) in [6, 6.07) is 0. The molecule has 3 rings (SSSR count). The third-order valence-electron chi connectivity index (χ3n) is 7.31. The molecule has 0 N–H and O–H groups in total. The van der Waals surface area contributed by atoms with Crippen LogP contribution in [0.3, 0.4) is 0 Å². The third kappa shape index (κ3) is 1.91. The van der Waals surface area contributed by atoms with Crippen molar-refractivity contribution in [3.05, 3.63) is 0 Å². The monoisotopic (exact) mass is 262 g/mol. The van der Waals surface area contributed by atoms with Gasteiger partial charge in [0.15, 0.2) is 0 Å². The normalized spacial score (nSPS) is 50.2. The summed E-state index contributed by atoms with van der Waals surface area (Å²) in [6.45, 7) is 9.81. The van der Waals surface area contributed by atoms with Crippen LogP contribution in [0.25, 0.3) is 0 Å². The minimum absolute atomic E-state index is 0.456. The Labute approximate surface area is 118 Å². The van der Waals surface area contributed by atoms with Gasteiger partial charge in [-0.15, -0.1) is 0 Å². The second-order valence-corrected chi connectivity index (χ2v) is 8.55. The van der Waals surface area contributed by atoms with Crippen molar-refractivity contribution < 1.29 is 4.79 Å². The zero-order valence-corrected chi connectivity index (χ0v) is 13.2. The summed E-state index contributed by atoms with van der Waals surface area (Å²) in [6.07, 6.45) is 8.45. The number of Topliss-reactive ketones (excluding diaryl/α,β-unsaturated/α-hetero) is 1. The van der Waals surface area contributed by atoms with Crippen LogP contribution in [0.4, 0.5) is 0 Å². The minimum atomic E-state index is 0.456. The first-order chi connectivity index (χ1) is 8.87. The van der Waals surface area contributed by atoms with Gasteiger partial charge in [0.1, 0.15) is 5.78 Å². The second-order valence-electron chi connectivity index (χ2n) is 8.55. The largest absolute Gasteiger partial charge is 0.300 e. The Balaban J connectivity index is 1.92. The van der Waals surface area contributed by atoms with Crippen LogP contribution in [0.2, 0.25) is 0 Å². The molecule has 0 spiro atoms. The molecule has 0 bridgehead atoms. The van der Waals surface area contributed by atoms with Crippen molar-refractivity contribution in [2.24, 2.45) is 34.5 Å². The summed E-state index contributed by atoms with van der Waals surface area (Å²) in [4.78, 5) is 12.0. The van der Waals surface area contributed by atoms with E-state index in [4.69, 9.17) is 0 Å². The number of fused-ring (bicyclic) bond motifs is 3. The summed E-state index contributed by atoms with van der Waals surface area (Å²) in [5.41, 5.74) is 0.920. The fourth-order valence-corrected chi connectivity index (χ4v) is 6.12. The lowest BCUT2D eigenvalue weighted by Gasteiger charge is -2.57. The van der Waals surface area contributed by atoms with E-state index in [2.05, 4.69) is 27.7 Å². The van der Waals surface area contributed by atoms with Crippen LogP contribution in [-0.4, -0.2) is 5.78 Å². The van der Waals surface area contributed by atoms with Gasteiger partial charge in [-0.1, -0.05) is 27.7 Å². The fourth-order valence-electron chi connectivity index (χ4n) is 6.12. The van der Waals surface area contributed by atoms with E-state index in [-0.39, 0.29) is 0 Å². The number of ketones is 1. The standard InChI is InChI=1S/C18H30O/c1-12(2)14-6-10-18(4)15(14)7-9-17(3)8-5-13(19)11-16(17)18/h12,14-16H,5-11H2,1-4H3/t14-,15+,16+,17-,18+/m0/s1. The highest BCUT2D eigenvalue weighted by atomic mass is 16.1. The van der Waals surface area contributed by atoms with Crippen LogP contribution in [0, 0.1) is 34.5 Å². The maximum Gasteiger partial charge on any atom is 0.133 e. The average Bonchev–Trinajstić information content (AvgIpc) is 2.69. The highest BCUT2D eigenvalue weighted by Gasteiger charge is 2.59. The predicted octanol–water partition coefficient (Wildman–Crippen LogP) is 4.84. The molecule has 5 atom stereocenters. The lowest BCUT2D eigenvalue weighted by atomic mass is 9.47. The van der Waals surface area contributed by atoms with Crippen LogP contribution >= 0.6 is 0 Å². The molecule has 19 heavy (non-hydrogen) atoms. The molecule has 1 nitrogen and oxygen atoms in total. The molecule has 3 saturated carbocycles. The molecule has 0 saturated heterocycles. The second kappa shape index (κ2) is 4.33. The molecule has 3 aliphatic carbocycles. The number of hydrogen-bond donors (Lipinski definition) is 0. The molecule has 108 valence electrons. The van der Waals surface area contributed by atoms with E-state index in [0.29, 0.717) is 22.5 Å². The lowest BCUT2D eigenvalue weighted by Crippen LogP contribution is -2.50. The molecule has 0 aromatic carbocycles. The van der Waals surface area contributed by atoms with Crippen molar-refractivity contribution in [1.29, 1.82) is 0 Å². The Morgan fingerprint density at radius 3 is 2.53 bits per heavy atom. The SMILES string of the molecule is CC(C)[C@@H]1CC[C@]2(C)[C@@H]1CC[C@]1(C)CCC(=O)C[C@H]12. The van der Waals surface area contributed by atoms with E-state index < -0.39 is 0 Å². The van der Waals surface area contributed by atoms with Crippen LogP contribution in [0.15, 0.2) is 0 Å². The molecule has 1 heteroatoms. The smallest absolute Gasteiger partial charge is 0.133 e. The molecule has 3 aliphatic rings. The van der Waals surface area contributed by atoms with E-state index in [1.807, 2.05) is 0 Å². The number of carbonyl (C=O) groups is 1. The van der Waals surface area contributed by atoms with Crippen molar-refractivity contribution >= 4 is 5.78 Å². The fraction of sp³-hybridized carbons (Fsp3) is 0.944. The predicted molar refractivity (Wildman–Crippen MR) is 78.8 cm³/mol. The van der Waals surface area contributed by atoms with E-state index in [9.17, 15) is 4.79 Å². The van der Waals surface area contributed by atoms with Gasteiger partial charge in [-0.2, -0.15) is 0 Å². The van der Waals surface area contributed by atoms with Crippen LogP contribution in [0.5, 0.6) is 0 Å². The summed E-state index contributed by atoms with van der Waals surface area (Å²) in [5.74, 6) is 3.82. The van der Waals surface area contributed by atoms with E-state index in [1.54, 1.807) is 0 Å². The Morgan fingerprint density at radius 2 is 1.84 bits per heavy atom. The molecule has 0 amide bonds. The molecule has 0 unspecified atom stereocenters. The number of hydrogen-bond acceptors (Lipinski definition) is 1. The van der Waals surface area contributed by atoms with Gasteiger partial charge in [-0.25, -0.2) is 0 Å². The summed E-state index contributed by atoms with van der Waals surface area (Å²) < 4.78 is 0. The van der Waals surface area contributed by atoms with Gasteiger partial charge in [0.2, 0.25) is 0 Å². The van der Waals surface area contributed by atoms with Crippen molar-refractivity contribution in [3.63, 3.8) is 0 Å². The number of carbonyl (C=O) groups excluding carboxylic acids is 1. The van der Waals surface area contributed by atoms with Crippen LogP contribution in [0.1, 0.15) is 72.6 Å². The zero-order chi connectivity index (χ0) is 13.8. The van der Waals surface area contributed by atoms with Gasteiger partial charge < -0.3 is 0 Å². The molecule has 0 aliphatic heterocycles. The first kappa shape index (κ1) is 13.6. The Bertz CT molecular complexity index is 385. The topological polar surface area (TPSA) is 17.1 Å². The third-order valence-corrected chi connectivity index (χ3v) is 7.31. The quantitative estimate of drug-likeness (QED) is 0.660. The highest BCUT2D eigenvalue weighted by Crippen LogP contribution is 2.66. The van der Waals surface area contributed by atoms with Crippen molar-refractivity contribution in [2.45, 2.75) is 72.6 Å². The first-order valence-corrected chi connectivity index (χ1v) is 8.38. The van der Waals surface area contributed by atoms with Gasteiger partial charge in [0.25, 0.3) is 0 Å². The first-order valence-electron chi connectivity index (χ1n) is 8.38. The van der Waals surface area contributed by atoms with Gasteiger partial charge in [-0.3, -0.25) is 4.79 Å². The minimum Gasteiger partial charge on any atom is -0.300 e. The maximum absolute atomic E-state index is 12.0. The van der Waals surface area contributed by atoms with Crippen molar-refractivity contribution in [2.75, 3.05) is 0 Å². The summed E-state index contributed by atoms with van der Waals surface area (Å²) >= 11 is 0. The maximum atomic E-state index is 12.0. The van der Waals surface area contributed by atoms with Gasteiger partial charge >= 0.3 is 0 Å². The number of rotatable bonds is 1. The molecule has 0 aromatic heterocycles. The Hall–Kier alpha value is -0.330. The van der Waals surface area contributed by atoms with Gasteiger partial charge in [0.05, 0.1) is 0 Å². The van der Waals surface area contributed by atoms with Gasteiger partial charge in [0, 0.05) is 12.8 Å². The lowest BCUT2D eigenvalue weighted by molar-refractivity contribution is -0.136. The Morgan fingerprint density at radius 1 is 1.11 bits per heavy atom. The van der Waals surface area contributed by atoms with Crippen molar-refractivity contribution in [3.8, 4) is 0 Å². The van der Waals surface area contributed by atoms with Gasteiger partial charge in [-0.05, 0) is 66.6 Å². The zero-order valence-electron chi connectivity index (χ0n) is 13.2. The average molecular weight is 262 g/mol. The molecular weight excluding hydrogens is 232 g/mol. The Kier molecular flexibility index (Phi) is 3.11. The molecular formula is C18H30O. The summed E-state index contributed by atoms with van der Waals surface area (Å²) in [5, 5.41) is 0. The van der Waals surface area contributed by atoms with Crippen LogP contribution in [-0.2, 0) is 4.79 Å². The molecule has 0 heterocycles. The molecule has 0 aromatic rings. The highest BCUT2D eigenvalue weighted by molar-refractivity contribution is 5.79. The summed E-state index contributed by atoms with van der Waals surface area (Å²) in [7, 11) is 0. The van der Waals surface area contributed by atoms with Crippen molar-refractivity contribution in [1.82, 2.24) is 0 Å². The van der Waals surface area contributed by atoms with E-state index >= 15 is 0 Å². The van der Waals surface area contributed by atoms with E-state index in [1.165, 1.54) is 25.7 Å². The molecule has 0 radical (unpaired) electrons. The van der Waals surface area contributed by atoms with Crippen LogP contribution < -0.4 is 0 Å². The van der Waals surface area contributed by atoms with E-state index in [0.717, 1.165) is 37.0 Å².